The van der Waals surface area contributed by atoms with Crippen molar-refractivity contribution in [2.24, 2.45) is 5.92 Å². The number of likely N-dealkylation sites (N-methyl/N-ethyl adjacent to an activating group) is 1. The molecule has 0 saturated carbocycles. The van der Waals surface area contributed by atoms with Gasteiger partial charge in [0.1, 0.15) is 0 Å². The molecular formula is C13H27N3O. The Morgan fingerprint density at radius 1 is 1.00 bits per heavy atom. The largest absolute Gasteiger partial charge is 0.393 e. The minimum Gasteiger partial charge on any atom is -0.393 e. The van der Waals surface area contributed by atoms with E-state index in [1.54, 1.807) is 0 Å². The zero-order valence-electron chi connectivity index (χ0n) is 11.3. The van der Waals surface area contributed by atoms with E-state index in [1.807, 2.05) is 0 Å². The van der Waals surface area contributed by atoms with Crippen molar-refractivity contribution in [3.05, 3.63) is 0 Å². The monoisotopic (exact) mass is 241 g/mol. The quantitative estimate of drug-likeness (QED) is 0.749. The van der Waals surface area contributed by atoms with E-state index in [2.05, 4.69) is 28.7 Å². The molecule has 2 rings (SSSR count). The maximum Gasteiger partial charge on any atom is 0.0590 e. The summed E-state index contributed by atoms with van der Waals surface area (Å²) in [7, 11) is 2.20. The van der Waals surface area contributed by atoms with Crippen molar-refractivity contribution in [1.29, 1.82) is 0 Å². The number of aliphatic hydroxyl groups excluding tert-OH is 1. The highest BCUT2D eigenvalue weighted by atomic mass is 16.3. The number of likely N-dealkylation sites (tertiary alicyclic amines) is 1. The van der Waals surface area contributed by atoms with Gasteiger partial charge < -0.3 is 14.9 Å². The molecule has 100 valence electrons. The first-order valence-electron chi connectivity index (χ1n) is 6.96. The molecule has 0 aromatic heterocycles. The highest BCUT2D eigenvalue weighted by Crippen LogP contribution is 2.16. The Balaban J connectivity index is 1.65. The maximum absolute atomic E-state index is 9.70. The Morgan fingerprint density at radius 2 is 1.65 bits per heavy atom. The average molecular weight is 241 g/mol. The van der Waals surface area contributed by atoms with Gasteiger partial charge in [0.05, 0.1) is 6.10 Å². The van der Waals surface area contributed by atoms with Crippen LogP contribution in [0.5, 0.6) is 0 Å². The lowest BCUT2D eigenvalue weighted by molar-refractivity contribution is 0.0292. The molecular weight excluding hydrogens is 214 g/mol. The molecule has 0 radical (unpaired) electrons. The van der Waals surface area contributed by atoms with E-state index in [1.165, 1.54) is 39.3 Å². The van der Waals surface area contributed by atoms with Gasteiger partial charge in [0.25, 0.3) is 0 Å². The third-order valence-electron chi connectivity index (χ3n) is 4.27. The second kappa shape index (κ2) is 6.14. The van der Waals surface area contributed by atoms with Crippen LogP contribution in [0.3, 0.4) is 0 Å². The van der Waals surface area contributed by atoms with Gasteiger partial charge in [-0.25, -0.2) is 0 Å². The number of hydrogen-bond acceptors (Lipinski definition) is 4. The van der Waals surface area contributed by atoms with Crippen LogP contribution in [0.2, 0.25) is 0 Å². The zero-order valence-corrected chi connectivity index (χ0v) is 11.3. The van der Waals surface area contributed by atoms with E-state index in [0.29, 0.717) is 5.92 Å². The lowest BCUT2D eigenvalue weighted by Gasteiger charge is -2.37. The van der Waals surface area contributed by atoms with Crippen molar-refractivity contribution in [3.8, 4) is 0 Å². The van der Waals surface area contributed by atoms with Crippen LogP contribution >= 0.6 is 0 Å². The number of piperazine rings is 1. The fourth-order valence-corrected chi connectivity index (χ4v) is 2.78. The molecule has 2 aliphatic heterocycles. The summed E-state index contributed by atoms with van der Waals surface area (Å²) in [6.07, 6.45) is 0.874. The van der Waals surface area contributed by atoms with Crippen molar-refractivity contribution in [2.75, 3.05) is 59.4 Å². The molecule has 0 bridgehead atoms. The van der Waals surface area contributed by atoms with Gasteiger partial charge in [-0.1, -0.05) is 6.92 Å². The summed E-state index contributed by atoms with van der Waals surface area (Å²) in [5, 5.41) is 9.70. The van der Waals surface area contributed by atoms with Crippen molar-refractivity contribution in [3.63, 3.8) is 0 Å². The van der Waals surface area contributed by atoms with Crippen LogP contribution in [0.15, 0.2) is 0 Å². The van der Waals surface area contributed by atoms with Gasteiger partial charge in [0.15, 0.2) is 0 Å². The predicted molar refractivity (Wildman–Crippen MR) is 70.2 cm³/mol. The minimum atomic E-state index is -0.0742. The van der Waals surface area contributed by atoms with E-state index >= 15 is 0 Å². The topological polar surface area (TPSA) is 30.0 Å². The van der Waals surface area contributed by atoms with Crippen LogP contribution in [0.1, 0.15) is 13.3 Å². The molecule has 0 aliphatic carbocycles. The predicted octanol–water partition coefficient (Wildman–Crippen LogP) is -0.0635. The third kappa shape index (κ3) is 3.91. The lowest BCUT2D eigenvalue weighted by atomic mass is 9.97. The molecule has 0 amide bonds. The summed E-state index contributed by atoms with van der Waals surface area (Å²) in [6, 6.07) is 0. The van der Waals surface area contributed by atoms with Crippen LogP contribution in [0.25, 0.3) is 0 Å². The molecule has 1 N–H and O–H groups in total. The van der Waals surface area contributed by atoms with Gasteiger partial charge in [0, 0.05) is 52.4 Å². The number of hydrogen-bond donors (Lipinski definition) is 1. The number of piperidine rings is 1. The molecule has 0 aromatic carbocycles. The molecule has 2 saturated heterocycles. The fraction of sp³-hybridized carbons (Fsp3) is 1.00. The van der Waals surface area contributed by atoms with Crippen molar-refractivity contribution in [2.45, 2.75) is 19.4 Å². The van der Waals surface area contributed by atoms with Gasteiger partial charge in [0.2, 0.25) is 0 Å². The maximum atomic E-state index is 9.70. The van der Waals surface area contributed by atoms with Crippen LogP contribution in [-0.2, 0) is 0 Å². The first kappa shape index (κ1) is 13.3. The summed E-state index contributed by atoms with van der Waals surface area (Å²) >= 11 is 0. The van der Waals surface area contributed by atoms with Crippen molar-refractivity contribution in [1.82, 2.24) is 14.7 Å². The van der Waals surface area contributed by atoms with Crippen molar-refractivity contribution >= 4 is 0 Å². The molecule has 4 heteroatoms. The number of aliphatic hydroxyl groups is 1. The van der Waals surface area contributed by atoms with Crippen LogP contribution in [-0.4, -0.2) is 85.3 Å². The highest BCUT2D eigenvalue weighted by molar-refractivity contribution is 4.78. The van der Waals surface area contributed by atoms with E-state index < -0.39 is 0 Å². The number of rotatable bonds is 3. The summed E-state index contributed by atoms with van der Waals surface area (Å²) < 4.78 is 0. The SMILES string of the molecule is CC1CN(CCN2CCN(C)CC2)CCC1O. The minimum absolute atomic E-state index is 0.0742. The molecule has 0 aromatic rings. The zero-order chi connectivity index (χ0) is 12.3. The van der Waals surface area contributed by atoms with E-state index in [4.69, 9.17) is 0 Å². The van der Waals surface area contributed by atoms with Crippen LogP contribution in [0, 0.1) is 5.92 Å². The smallest absolute Gasteiger partial charge is 0.0590 e. The normalized spacial score (nSPS) is 34.1. The Kier molecular flexibility index (Phi) is 4.79. The molecule has 17 heavy (non-hydrogen) atoms. The molecule has 4 nitrogen and oxygen atoms in total. The molecule has 2 aliphatic rings. The van der Waals surface area contributed by atoms with E-state index in [-0.39, 0.29) is 6.10 Å². The Bertz CT molecular complexity index is 229. The standard InChI is InChI=1S/C13H27N3O/c1-12-11-16(4-3-13(12)17)10-9-15-7-5-14(2)6-8-15/h12-13,17H,3-11H2,1-2H3. The van der Waals surface area contributed by atoms with Gasteiger partial charge in [-0.3, -0.25) is 4.90 Å². The fourth-order valence-electron chi connectivity index (χ4n) is 2.78. The summed E-state index contributed by atoms with van der Waals surface area (Å²) in [5.41, 5.74) is 0. The summed E-state index contributed by atoms with van der Waals surface area (Å²) in [6.45, 7) is 11.5. The summed E-state index contributed by atoms with van der Waals surface area (Å²) in [5.74, 6) is 0.441. The molecule has 2 atom stereocenters. The molecule has 2 heterocycles. The third-order valence-corrected chi connectivity index (χ3v) is 4.27. The Labute approximate surface area is 105 Å². The van der Waals surface area contributed by atoms with Gasteiger partial charge in [-0.2, -0.15) is 0 Å². The van der Waals surface area contributed by atoms with Gasteiger partial charge in [-0.15, -0.1) is 0 Å². The van der Waals surface area contributed by atoms with E-state index in [9.17, 15) is 5.11 Å². The molecule has 2 fully saturated rings. The Morgan fingerprint density at radius 3 is 2.29 bits per heavy atom. The first-order valence-corrected chi connectivity index (χ1v) is 6.96. The highest BCUT2D eigenvalue weighted by Gasteiger charge is 2.24. The number of nitrogens with zero attached hydrogens (tertiary/aromatic N) is 3. The Hall–Kier alpha value is -0.160. The second-order valence-electron chi connectivity index (χ2n) is 5.78. The van der Waals surface area contributed by atoms with Gasteiger partial charge in [-0.05, 0) is 19.4 Å². The first-order chi connectivity index (χ1) is 8.15. The van der Waals surface area contributed by atoms with Crippen LogP contribution in [0.4, 0.5) is 0 Å². The van der Waals surface area contributed by atoms with Crippen LogP contribution < -0.4 is 0 Å². The van der Waals surface area contributed by atoms with Crippen molar-refractivity contribution < 1.29 is 5.11 Å². The average Bonchev–Trinajstić information content (AvgIpc) is 2.33. The second-order valence-corrected chi connectivity index (χ2v) is 5.78. The summed E-state index contributed by atoms with van der Waals surface area (Å²) in [4.78, 5) is 7.47. The van der Waals surface area contributed by atoms with E-state index in [0.717, 1.165) is 19.5 Å². The molecule has 0 spiro atoms. The molecule has 2 unspecified atom stereocenters. The van der Waals surface area contributed by atoms with Gasteiger partial charge >= 0.3 is 0 Å². The lowest BCUT2D eigenvalue weighted by Crippen LogP contribution is -2.49.